The van der Waals surface area contributed by atoms with Gasteiger partial charge in [0.2, 0.25) is 0 Å². The average Bonchev–Trinajstić information content (AvgIpc) is 3.03. The van der Waals surface area contributed by atoms with Gasteiger partial charge >= 0.3 is 115 Å². The van der Waals surface area contributed by atoms with Crippen molar-refractivity contribution in [1.29, 1.82) is 0 Å². The Balaban J connectivity index is -0.000000197. The summed E-state index contributed by atoms with van der Waals surface area (Å²) < 4.78 is 13.2. The van der Waals surface area contributed by atoms with Gasteiger partial charge in [0.15, 0.2) is 17.4 Å². The fourth-order valence-corrected chi connectivity index (χ4v) is 3.61. The number of halogens is 1. The maximum atomic E-state index is 13.2. The minimum Gasteiger partial charge on any atom is -1.00 e. The maximum Gasteiger partial charge on any atom is 1.00 e. The number of nitrogens with two attached hydrogens (primary N) is 1. The summed E-state index contributed by atoms with van der Waals surface area (Å²) in [4.78, 5) is 39.0. The number of aliphatic hydroxyl groups is 2. The van der Waals surface area contributed by atoms with Gasteiger partial charge in [0.1, 0.15) is 11.9 Å². The molecule has 254 valence electrons. The first-order valence-corrected chi connectivity index (χ1v) is 12.8. The van der Waals surface area contributed by atoms with Crippen LogP contribution >= 0.6 is 0 Å². The van der Waals surface area contributed by atoms with Gasteiger partial charge in [-0.05, 0) is 42.1 Å². The quantitative estimate of drug-likeness (QED) is 0.0436. The zero-order valence-corrected chi connectivity index (χ0v) is 32.2. The van der Waals surface area contributed by atoms with E-state index in [0.717, 1.165) is 10.8 Å². The molecule has 4 atom stereocenters. The van der Waals surface area contributed by atoms with E-state index >= 15 is 0 Å². The molecule has 16 heteroatoms. The summed E-state index contributed by atoms with van der Waals surface area (Å²) in [5.41, 5.74) is 6.50. The molecule has 13 nitrogen and oxygen atoms in total. The van der Waals surface area contributed by atoms with Crippen LogP contribution in [0, 0.1) is 19.0 Å². The monoisotopic (exact) mass is 732 g/mol. The molecule has 0 saturated carbocycles. The van der Waals surface area contributed by atoms with Crippen molar-refractivity contribution in [3.05, 3.63) is 101 Å². The Labute approximate surface area is 371 Å². The van der Waals surface area contributed by atoms with Crippen molar-refractivity contribution in [1.82, 2.24) is 0 Å². The molecular weight excluding hydrogens is 694 g/mol. The number of carboxylic acids is 2. The number of nitrogens with one attached hydrogen (secondary N) is 1. The molecule has 0 aliphatic rings. The first-order valence-electron chi connectivity index (χ1n) is 12.8. The van der Waals surface area contributed by atoms with Gasteiger partial charge < -0.3 is 43.0 Å². The first-order chi connectivity index (χ1) is 21.3. The zero-order valence-electron chi connectivity index (χ0n) is 27.0. The summed E-state index contributed by atoms with van der Waals surface area (Å²) in [6.07, 6.45) is -2.01. The van der Waals surface area contributed by atoms with Gasteiger partial charge in [-0.25, -0.2) is 18.9 Å². The molecule has 0 heterocycles. The summed E-state index contributed by atoms with van der Waals surface area (Å²) in [5.74, 6) is -2.58. The van der Waals surface area contributed by atoms with Gasteiger partial charge in [-0.15, -0.1) is 0 Å². The van der Waals surface area contributed by atoms with Crippen molar-refractivity contribution in [3.8, 4) is 0 Å². The van der Waals surface area contributed by atoms with Crippen molar-refractivity contribution in [2.24, 2.45) is 5.73 Å². The summed E-state index contributed by atoms with van der Waals surface area (Å²) in [6.45, 7) is 16.6. The van der Waals surface area contributed by atoms with E-state index in [0.29, 0.717) is 27.8 Å². The molecule has 4 aromatic carbocycles. The van der Waals surface area contributed by atoms with Gasteiger partial charge in [0.05, 0.1) is 25.4 Å². The van der Waals surface area contributed by atoms with Crippen LogP contribution in [0.5, 0.6) is 0 Å². The Morgan fingerprint density at radius 2 is 1.24 bits per heavy atom. The number of hydrogen-bond acceptors (Lipinski definition) is 9. The SMILES string of the molecule is C.C.C[C@H](O)[C@@H](N)C(=O)O.O=CO[O-].[C-]#[N+]c1ccc(F)c2ccccc12.[C-]#[N+]c1ccc(N[C@@H](C(=O)O)[C@H](C)O)c2ccccc12.[H-].[K+].[K+]. The molecule has 0 amide bonds. The Morgan fingerprint density at radius 1 is 0.837 bits per heavy atom. The molecule has 0 aliphatic heterocycles. The average molecular weight is 733 g/mol. The number of anilines is 1. The van der Waals surface area contributed by atoms with Crippen molar-refractivity contribution in [2.45, 2.75) is 53.0 Å². The number of fused-ring (bicyclic) bond motifs is 2. The van der Waals surface area contributed by atoms with Crippen LogP contribution in [0.3, 0.4) is 0 Å². The second-order valence-electron chi connectivity index (χ2n) is 9.01. The minimum atomic E-state index is -1.18. The van der Waals surface area contributed by atoms with E-state index in [1.807, 2.05) is 24.3 Å². The van der Waals surface area contributed by atoms with Crippen molar-refractivity contribution >= 4 is 57.0 Å². The number of rotatable bonds is 7. The second kappa shape index (κ2) is 28.3. The molecule has 0 aliphatic carbocycles. The molecule has 7 N–H and O–H groups in total. The number of benzene rings is 4. The Kier molecular flexibility index (Phi) is 30.9. The van der Waals surface area contributed by atoms with E-state index in [1.54, 1.807) is 36.4 Å². The summed E-state index contributed by atoms with van der Waals surface area (Å²) in [5, 5.41) is 49.1. The third-order valence-electron chi connectivity index (χ3n) is 5.89. The Bertz CT molecular complexity index is 1700. The number of hydrogen-bond donors (Lipinski definition) is 6. The number of aliphatic carboxylic acids is 2. The van der Waals surface area contributed by atoms with E-state index in [1.165, 1.54) is 26.0 Å². The van der Waals surface area contributed by atoms with E-state index in [-0.39, 0.29) is 131 Å². The predicted octanol–water partition coefficient (Wildman–Crippen LogP) is -1.23. The van der Waals surface area contributed by atoms with Crippen LogP contribution in [0.25, 0.3) is 31.2 Å². The molecule has 0 bridgehead atoms. The van der Waals surface area contributed by atoms with Gasteiger partial charge in [-0.2, -0.15) is 0 Å². The molecule has 0 radical (unpaired) electrons. The van der Waals surface area contributed by atoms with Crippen LogP contribution in [-0.2, 0) is 19.3 Å². The molecule has 0 fully saturated rings. The summed E-state index contributed by atoms with van der Waals surface area (Å²) in [7, 11) is 0. The van der Waals surface area contributed by atoms with Crippen LogP contribution in [0.15, 0.2) is 72.8 Å². The molecule has 0 aromatic heterocycles. The first kappa shape index (κ1) is 53.4. The van der Waals surface area contributed by atoms with Crippen molar-refractivity contribution < 1.29 is 154 Å². The molecule has 4 aromatic rings. The fraction of sp³-hybridized carbons (Fsp3) is 0.242. The molecule has 0 saturated heterocycles. The smallest absolute Gasteiger partial charge is 1.00 e. The van der Waals surface area contributed by atoms with Gasteiger partial charge in [0.25, 0.3) is 6.47 Å². The number of carboxylic acid groups (broad SMARTS) is 2. The molecule has 4 rings (SSSR count). The summed E-state index contributed by atoms with van der Waals surface area (Å²) in [6, 6.07) is 18.1. The maximum absolute atomic E-state index is 13.2. The van der Waals surface area contributed by atoms with E-state index in [9.17, 15) is 19.1 Å². The second-order valence-corrected chi connectivity index (χ2v) is 9.01. The van der Waals surface area contributed by atoms with Crippen molar-refractivity contribution in [3.63, 3.8) is 0 Å². The van der Waals surface area contributed by atoms with Crippen LogP contribution in [0.2, 0.25) is 0 Å². The standard InChI is InChI=1S/C15H14N2O3.C11H6FN.C4H9NO3.CH2O3.2CH4.2K.H/c1-9(18)14(15(19)20)17-13-8-7-12(16-2)10-5-3-4-6-11(10)13;1-13-11-7-6-10(12)8-4-2-3-5-9(8)11;1-2(6)3(5)4(7)8;2-1-4-3;;;;;/h3-9,14,17-18H,1H3,(H,19,20);2-7H;2-3,6H,5H2,1H3,(H,7,8);1,3H;2*1H4;;;/q;;;;;;2*+1;-1/p-1/t9-,14+;;2-,3+;;;;;;/m0.0....../s1. The number of aliphatic hydroxyl groups excluding tert-OH is 2. The zero-order chi connectivity index (χ0) is 34.1. The van der Waals surface area contributed by atoms with Crippen LogP contribution < -0.4 is 119 Å². The van der Waals surface area contributed by atoms with E-state index < -0.39 is 36.2 Å². The number of nitrogens with zero attached hydrogens (tertiary/aromatic N) is 2. The minimum absolute atomic E-state index is 0. The molecule has 0 unspecified atom stereocenters. The third kappa shape index (κ3) is 17.4. The molecular formula is C33H39FK2N4O9. The van der Waals surface area contributed by atoms with Crippen LogP contribution in [-0.4, -0.2) is 63.1 Å². The largest absolute Gasteiger partial charge is 1.00 e. The van der Waals surface area contributed by atoms with E-state index in [4.69, 9.17) is 44.2 Å². The van der Waals surface area contributed by atoms with Gasteiger partial charge in [-0.3, -0.25) is 9.59 Å². The van der Waals surface area contributed by atoms with Crippen LogP contribution in [0.1, 0.15) is 30.1 Å². The Morgan fingerprint density at radius 3 is 1.59 bits per heavy atom. The van der Waals surface area contributed by atoms with Crippen LogP contribution in [0.4, 0.5) is 21.5 Å². The third-order valence-corrected chi connectivity index (χ3v) is 5.89. The number of carbonyl (C=O) groups is 3. The van der Waals surface area contributed by atoms with Gasteiger partial charge in [-0.1, -0.05) is 75.5 Å². The number of carbonyl (C=O) groups excluding carboxylic acids is 1. The summed E-state index contributed by atoms with van der Waals surface area (Å²) >= 11 is 0. The normalized spacial score (nSPS) is 11.4. The fourth-order valence-electron chi connectivity index (χ4n) is 3.61. The molecule has 0 spiro atoms. The van der Waals surface area contributed by atoms with Gasteiger partial charge in [0, 0.05) is 11.1 Å². The Hall–Kier alpha value is -2.37. The predicted molar refractivity (Wildman–Crippen MR) is 176 cm³/mol. The molecule has 49 heavy (non-hydrogen) atoms. The topological polar surface area (TPSA) is 211 Å². The van der Waals surface area contributed by atoms with E-state index in [2.05, 4.69) is 19.9 Å². The van der Waals surface area contributed by atoms with Crippen molar-refractivity contribution in [2.75, 3.05) is 5.32 Å².